The Hall–Kier alpha value is -1.48. The number of anilines is 1. The van der Waals surface area contributed by atoms with Crippen LogP contribution in [0.25, 0.3) is 0 Å². The Morgan fingerprint density at radius 3 is 2.62 bits per heavy atom. The lowest BCUT2D eigenvalue weighted by molar-refractivity contribution is 0.102. The van der Waals surface area contributed by atoms with Crippen LogP contribution in [0.15, 0.2) is 46.0 Å². The number of nitrogens with one attached hydrogen (secondary N) is 1. The average molecular weight is 391 g/mol. The lowest BCUT2D eigenvalue weighted by Crippen LogP contribution is -2.15. The summed E-state index contributed by atoms with van der Waals surface area (Å²) in [5.41, 5.74) is 0.439. The van der Waals surface area contributed by atoms with E-state index >= 15 is 0 Å². The molecular weight excluding hydrogens is 382 g/mol. The van der Waals surface area contributed by atoms with Gasteiger partial charge in [0.15, 0.2) is 0 Å². The van der Waals surface area contributed by atoms with Gasteiger partial charge in [-0.25, -0.2) is 13.6 Å². The van der Waals surface area contributed by atoms with Crippen LogP contribution >= 0.6 is 27.5 Å². The molecule has 2 aromatic rings. The first-order valence-corrected chi connectivity index (χ1v) is 8.23. The fraction of sp³-hybridized carbons (Fsp3) is 0. The zero-order valence-corrected chi connectivity index (χ0v) is 13.5. The molecule has 0 spiro atoms. The molecule has 3 N–H and O–H groups in total. The summed E-state index contributed by atoms with van der Waals surface area (Å²) in [5, 5.41) is 7.75. The molecular formula is C12H9BrClN3O3S. The third kappa shape index (κ3) is 4.01. The van der Waals surface area contributed by atoms with E-state index in [4.69, 9.17) is 16.7 Å². The maximum atomic E-state index is 12.1. The minimum absolute atomic E-state index is 0.144. The molecule has 0 fully saturated rings. The van der Waals surface area contributed by atoms with Gasteiger partial charge < -0.3 is 5.32 Å². The molecule has 0 aliphatic carbocycles. The van der Waals surface area contributed by atoms with Gasteiger partial charge in [-0.3, -0.25) is 9.78 Å². The number of sulfonamides is 1. The van der Waals surface area contributed by atoms with Crippen molar-refractivity contribution >= 4 is 49.1 Å². The number of aromatic nitrogens is 1. The van der Waals surface area contributed by atoms with Gasteiger partial charge >= 0.3 is 0 Å². The smallest absolute Gasteiger partial charge is 0.257 e. The van der Waals surface area contributed by atoms with Crippen LogP contribution in [0.3, 0.4) is 0 Å². The van der Waals surface area contributed by atoms with E-state index < -0.39 is 15.9 Å². The number of primary sulfonamides is 1. The Balaban J connectivity index is 2.33. The van der Waals surface area contributed by atoms with Crippen molar-refractivity contribution in [3.8, 4) is 0 Å². The largest absolute Gasteiger partial charge is 0.321 e. The summed E-state index contributed by atoms with van der Waals surface area (Å²) in [7, 11) is -3.88. The zero-order valence-electron chi connectivity index (χ0n) is 10.4. The van der Waals surface area contributed by atoms with E-state index in [1.807, 2.05) is 0 Å². The van der Waals surface area contributed by atoms with Gasteiger partial charge in [-0.2, -0.15) is 0 Å². The molecule has 6 nitrogen and oxygen atoms in total. The number of nitrogens with two attached hydrogens (primary N) is 1. The molecule has 0 saturated carbocycles. The normalized spacial score (nSPS) is 11.2. The maximum absolute atomic E-state index is 12.1. The summed E-state index contributed by atoms with van der Waals surface area (Å²) in [6.45, 7) is 0. The molecule has 1 amide bonds. The van der Waals surface area contributed by atoms with Crippen LogP contribution in [-0.4, -0.2) is 19.3 Å². The Labute approximate surface area is 134 Å². The summed E-state index contributed by atoms with van der Waals surface area (Å²) in [4.78, 5) is 15.8. The van der Waals surface area contributed by atoms with Gasteiger partial charge in [-0.1, -0.05) is 11.6 Å². The molecule has 0 aliphatic rings. The standard InChI is InChI=1S/C12H9BrClN3O3S/c13-8-3-7(5-16-6-8)12(18)17-11-4-9(21(15,19)20)1-2-10(11)14/h1-6H,(H,17,18)(H2,15,19,20). The number of pyridine rings is 1. The average Bonchev–Trinajstić information content (AvgIpc) is 2.40. The summed E-state index contributed by atoms with van der Waals surface area (Å²) in [5.74, 6) is -0.475. The first kappa shape index (κ1) is 15.9. The molecule has 2 rings (SSSR count). The van der Waals surface area contributed by atoms with Crippen molar-refractivity contribution in [1.29, 1.82) is 0 Å². The summed E-state index contributed by atoms with van der Waals surface area (Å²) in [6, 6.07) is 5.37. The molecule has 1 aromatic carbocycles. The molecule has 0 atom stereocenters. The second-order valence-corrected chi connectivity index (χ2v) is 6.92. The molecule has 9 heteroatoms. The highest BCUT2D eigenvalue weighted by Crippen LogP contribution is 2.25. The molecule has 1 aromatic heterocycles. The van der Waals surface area contributed by atoms with Crippen LogP contribution in [-0.2, 0) is 10.0 Å². The van der Waals surface area contributed by atoms with Crippen LogP contribution in [0, 0.1) is 0 Å². The second kappa shape index (κ2) is 6.10. The maximum Gasteiger partial charge on any atom is 0.257 e. The van der Waals surface area contributed by atoms with E-state index in [9.17, 15) is 13.2 Å². The van der Waals surface area contributed by atoms with Crippen molar-refractivity contribution in [3.63, 3.8) is 0 Å². The van der Waals surface area contributed by atoms with E-state index in [-0.39, 0.29) is 15.6 Å². The molecule has 0 saturated heterocycles. The number of amides is 1. The number of rotatable bonds is 3. The number of carbonyl (C=O) groups is 1. The molecule has 1 heterocycles. The summed E-state index contributed by atoms with van der Waals surface area (Å²) < 4.78 is 23.2. The van der Waals surface area contributed by atoms with Crippen LogP contribution in [0.2, 0.25) is 5.02 Å². The highest BCUT2D eigenvalue weighted by atomic mass is 79.9. The van der Waals surface area contributed by atoms with Gasteiger partial charge in [0.1, 0.15) is 0 Å². The lowest BCUT2D eigenvalue weighted by Gasteiger charge is -2.09. The topological polar surface area (TPSA) is 102 Å². The van der Waals surface area contributed by atoms with E-state index in [0.717, 1.165) is 0 Å². The fourth-order valence-electron chi connectivity index (χ4n) is 1.51. The fourth-order valence-corrected chi connectivity index (χ4v) is 2.58. The predicted molar refractivity (Wildman–Crippen MR) is 82.7 cm³/mol. The van der Waals surface area contributed by atoms with Crippen molar-refractivity contribution < 1.29 is 13.2 Å². The molecule has 0 bridgehead atoms. The van der Waals surface area contributed by atoms with Gasteiger partial charge in [0.05, 0.1) is 21.2 Å². The highest BCUT2D eigenvalue weighted by Gasteiger charge is 2.14. The summed E-state index contributed by atoms with van der Waals surface area (Å²) >= 11 is 9.14. The van der Waals surface area contributed by atoms with Crippen molar-refractivity contribution in [2.75, 3.05) is 5.32 Å². The van der Waals surface area contributed by atoms with Crippen molar-refractivity contribution in [2.24, 2.45) is 5.14 Å². The van der Waals surface area contributed by atoms with Crippen LogP contribution < -0.4 is 10.5 Å². The van der Waals surface area contributed by atoms with Gasteiger partial charge in [0, 0.05) is 16.9 Å². The van der Waals surface area contributed by atoms with Gasteiger partial charge in [-0.05, 0) is 40.2 Å². The van der Waals surface area contributed by atoms with E-state index in [1.165, 1.54) is 30.6 Å². The first-order chi connectivity index (χ1) is 9.77. The number of benzene rings is 1. The Morgan fingerprint density at radius 2 is 2.00 bits per heavy atom. The Morgan fingerprint density at radius 1 is 1.29 bits per heavy atom. The number of halogens is 2. The number of carbonyl (C=O) groups excluding carboxylic acids is 1. The molecule has 0 radical (unpaired) electrons. The van der Waals surface area contributed by atoms with Gasteiger partial charge in [0.2, 0.25) is 10.0 Å². The summed E-state index contributed by atoms with van der Waals surface area (Å²) in [6.07, 6.45) is 2.91. The molecule has 0 unspecified atom stereocenters. The highest BCUT2D eigenvalue weighted by molar-refractivity contribution is 9.10. The van der Waals surface area contributed by atoms with Crippen molar-refractivity contribution in [2.45, 2.75) is 4.90 Å². The van der Waals surface area contributed by atoms with E-state index in [0.29, 0.717) is 10.0 Å². The van der Waals surface area contributed by atoms with E-state index in [2.05, 4.69) is 26.2 Å². The molecule has 0 aliphatic heterocycles. The van der Waals surface area contributed by atoms with Crippen molar-refractivity contribution in [1.82, 2.24) is 4.98 Å². The minimum atomic E-state index is -3.88. The van der Waals surface area contributed by atoms with Gasteiger partial charge in [0.25, 0.3) is 5.91 Å². The number of hydrogen-bond acceptors (Lipinski definition) is 4. The minimum Gasteiger partial charge on any atom is -0.321 e. The zero-order chi connectivity index (χ0) is 15.6. The quantitative estimate of drug-likeness (QED) is 0.840. The number of hydrogen-bond donors (Lipinski definition) is 2. The predicted octanol–water partition coefficient (Wildman–Crippen LogP) is 2.40. The van der Waals surface area contributed by atoms with Crippen LogP contribution in [0.1, 0.15) is 10.4 Å². The second-order valence-electron chi connectivity index (χ2n) is 4.03. The molecule has 110 valence electrons. The number of nitrogens with zero attached hydrogens (tertiary/aromatic N) is 1. The van der Waals surface area contributed by atoms with Gasteiger partial charge in [-0.15, -0.1) is 0 Å². The van der Waals surface area contributed by atoms with Crippen molar-refractivity contribution in [3.05, 3.63) is 51.7 Å². The Kier molecular flexibility index (Phi) is 4.62. The SMILES string of the molecule is NS(=O)(=O)c1ccc(Cl)c(NC(=O)c2cncc(Br)c2)c1. The monoisotopic (exact) mass is 389 g/mol. The lowest BCUT2D eigenvalue weighted by atomic mass is 10.2. The third-order valence-corrected chi connectivity index (χ3v) is 4.16. The molecule has 21 heavy (non-hydrogen) atoms. The van der Waals surface area contributed by atoms with Crippen LogP contribution in [0.5, 0.6) is 0 Å². The first-order valence-electron chi connectivity index (χ1n) is 5.51. The Bertz CT molecular complexity index is 811. The van der Waals surface area contributed by atoms with E-state index in [1.54, 1.807) is 6.07 Å². The van der Waals surface area contributed by atoms with Crippen LogP contribution in [0.4, 0.5) is 5.69 Å². The third-order valence-electron chi connectivity index (χ3n) is 2.48.